The minimum absolute atomic E-state index is 0.632. The SMILES string of the molecule is CN(C)c1noc(CNC2CC2)n1. The highest BCUT2D eigenvalue weighted by molar-refractivity contribution is 5.23. The van der Waals surface area contributed by atoms with E-state index in [0.717, 1.165) is 0 Å². The molecule has 1 fully saturated rings. The summed E-state index contributed by atoms with van der Waals surface area (Å²) in [4.78, 5) is 6.02. The van der Waals surface area contributed by atoms with E-state index in [1.165, 1.54) is 12.8 Å². The second-order valence-electron chi connectivity index (χ2n) is 3.54. The van der Waals surface area contributed by atoms with Gasteiger partial charge >= 0.3 is 0 Å². The Balaban J connectivity index is 1.88. The molecule has 13 heavy (non-hydrogen) atoms. The molecule has 0 saturated heterocycles. The number of rotatable bonds is 4. The first-order valence-corrected chi connectivity index (χ1v) is 4.49. The molecule has 1 aliphatic carbocycles. The van der Waals surface area contributed by atoms with E-state index in [1.54, 1.807) is 0 Å². The van der Waals surface area contributed by atoms with Crippen LogP contribution in [-0.2, 0) is 6.54 Å². The molecule has 1 aromatic heterocycles. The topological polar surface area (TPSA) is 54.2 Å². The Morgan fingerprint density at radius 3 is 2.85 bits per heavy atom. The molecule has 0 radical (unpaired) electrons. The molecule has 0 spiro atoms. The number of nitrogens with one attached hydrogen (secondary N) is 1. The minimum atomic E-state index is 0.632. The molecule has 1 saturated carbocycles. The number of aromatic nitrogens is 2. The molecule has 5 heteroatoms. The Kier molecular flexibility index (Phi) is 2.18. The molecule has 5 nitrogen and oxygen atoms in total. The monoisotopic (exact) mass is 182 g/mol. The summed E-state index contributed by atoms with van der Waals surface area (Å²) in [7, 11) is 3.78. The van der Waals surface area contributed by atoms with Crippen molar-refractivity contribution >= 4 is 5.95 Å². The van der Waals surface area contributed by atoms with Gasteiger partial charge in [0.2, 0.25) is 5.89 Å². The molecule has 2 rings (SSSR count). The molecule has 0 unspecified atom stereocenters. The standard InChI is InChI=1S/C8H14N4O/c1-12(2)8-10-7(13-11-8)5-9-6-3-4-6/h6,9H,3-5H2,1-2H3. The summed E-state index contributed by atoms with van der Waals surface area (Å²) in [6.07, 6.45) is 2.54. The lowest BCUT2D eigenvalue weighted by Crippen LogP contribution is -2.16. The quantitative estimate of drug-likeness (QED) is 0.730. The van der Waals surface area contributed by atoms with Gasteiger partial charge < -0.3 is 14.7 Å². The van der Waals surface area contributed by atoms with Crippen molar-refractivity contribution in [1.82, 2.24) is 15.5 Å². The zero-order valence-corrected chi connectivity index (χ0v) is 7.95. The molecule has 0 aromatic carbocycles. The Bertz CT molecular complexity index is 279. The number of anilines is 1. The van der Waals surface area contributed by atoms with Crippen LogP contribution in [0.25, 0.3) is 0 Å². The smallest absolute Gasteiger partial charge is 0.265 e. The fourth-order valence-corrected chi connectivity index (χ4v) is 1.02. The second kappa shape index (κ2) is 3.33. The molecule has 1 aliphatic rings. The van der Waals surface area contributed by atoms with Crippen molar-refractivity contribution in [3.63, 3.8) is 0 Å². The maximum Gasteiger partial charge on any atom is 0.265 e. The van der Waals surface area contributed by atoms with Crippen LogP contribution in [0.5, 0.6) is 0 Å². The third-order valence-electron chi connectivity index (χ3n) is 1.98. The van der Waals surface area contributed by atoms with Crippen LogP contribution in [0.15, 0.2) is 4.52 Å². The first kappa shape index (κ1) is 8.50. The van der Waals surface area contributed by atoms with E-state index in [0.29, 0.717) is 24.4 Å². The van der Waals surface area contributed by atoms with Crippen LogP contribution in [0.2, 0.25) is 0 Å². The third kappa shape index (κ3) is 2.18. The molecule has 0 bridgehead atoms. The Morgan fingerprint density at radius 2 is 2.31 bits per heavy atom. The first-order chi connectivity index (χ1) is 6.25. The van der Waals surface area contributed by atoms with Gasteiger partial charge in [0.05, 0.1) is 6.54 Å². The fourth-order valence-electron chi connectivity index (χ4n) is 1.02. The van der Waals surface area contributed by atoms with Gasteiger partial charge in [-0.15, -0.1) is 0 Å². The van der Waals surface area contributed by atoms with Crippen LogP contribution < -0.4 is 10.2 Å². The van der Waals surface area contributed by atoms with Crippen LogP contribution >= 0.6 is 0 Å². The van der Waals surface area contributed by atoms with E-state index >= 15 is 0 Å². The predicted molar refractivity (Wildman–Crippen MR) is 48.5 cm³/mol. The maximum absolute atomic E-state index is 5.04. The first-order valence-electron chi connectivity index (χ1n) is 4.49. The minimum Gasteiger partial charge on any atom is -0.344 e. The molecule has 0 amide bonds. The summed E-state index contributed by atoms with van der Waals surface area (Å²) in [6, 6.07) is 0.676. The van der Waals surface area contributed by atoms with Gasteiger partial charge in [0, 0.05) is 20.1 Å². The highest BCUT2D eigenvalue weighted by Crippen LogP contribution is 2.19. The average molecular weight is 182 g/mol. The number of hydrogen-bond donors (Lipinski definition) is 1. The van der Waals surface area contributed by atoms with Crippen LogP contribution in [0, 0.1) is 0 Å². The highest BCUT2D eigenvalue weighted by atomic mass is 16.5. The molecule has 1 aromatic rings. The molecule has 0 aliphatic heterocycles. The molecular weight excluding hydrogens is 168 g/mol. The normalized spacial score (nSPS) is 16.2. The lowest BCUT2D eigenvalue weighted by molar-refractivity contribution is 0.366. The lowest BCUT2D eigenvalue weighted by Gasteiger charge is -2.02. The van der Waals surface area contributed by atoms with E-state index < -0.39 is 0 Å². The van der Waals surface area contributed by atoms with Crippen LogP contribution in [0.4, 0.5) is 5.95 Å². The molecule has 0 atom stereocenters. The Morgan fingerprint density at radius 1 is 1.54 bits per heavy atom. The summed E-state index contributed by atoms with van der Waals surface area (Å²) < 4.78 is 5.04. The van der Waals surface area contributed by atoms with Crippen molar-refractivity contribution in [2.24, 2.45) is 0 Å². The summed E-state index contributed by atoms with van der Waals surface area (Å²) >= 11 is 0. The Labute approximate surface area is 77.1 Å². The fraction of sp³-hybridized carbons (Fsp3) is 0.750. The summed E-state index contributed by atoms with van der Waals surface area (Å²) in [5, 5.41) is 7.12. The van der Waals surface area contributed by atoms with E-state index in [4.69, 9.17) is 4.52 Å². The van der Waals surface area contributed by atoms with Gasteiger partial charge in [-0.1, -0.05) is 0 Å². The second-order valence-corrected chi connectivity index (χ2v) is 3.54. The predicted octanol–water partition coefficient (Wildman–Crippen LogP) is 0.388. The van der Waals surface area contributed by atoms with Gasteiger partial charge in [-0.05, 0) is 18.0 Å². The zero-order valence-electron chi connectivity index (χ0n) is 7.95. The zero-order chi connectivity index (χ0) is 9.26. The van der Waals surface area contributed by atoms with Crippen molar-refractivity contribution in [2.75, 3.05) is 19.0 Å². The summed E-state index contributed by atoms with van der Waals surface area (Å²) in [6.45, 7) is 0.686. The average Bonchev–Trinajstić information content (AvgIpc) is 2.79. The van der Waals surface area contributed by atoms with Crippen LogP contribution in [0.3, 0.4) is 0 Å². The largest absolute Gasteiger partial charge is 0.344 e. The maximum atomic E-state index is 5.04. The van der Waals surface area contributed by atoms with Crippen molar-refractivity contribution < 1.29 is 4.52 Å². The van der Waals surface area contributed by atoms with Crippen molar-refractivity contribution in [3.8, 4) is 0 Å². The van der Waals surface area contributed by atoms with Gasteiger partial charge in [-0.3, -0.25) is 0 Å². The summed E-state index contributed by atoms with van der Waals surface area (Å²) in [5.41, 5.74) is 0. The van der Waals surface area contributed by atoms with E-state index in [-0.39, 0.29) is 0 Å². The van der Waals surface area contributed by atoms with Crippen LogP contribution in [-0.4, -0.2) is 30.3 Å². The molecule has 1 heterocycles. The lowest BCUT2D eigenvalue weighted by atomic mass is 10.6. The molecule has 1 N–H and O–H groups in total. The van der Waals surface area contributed by atoms with Crippen molar-refractivity contribution in [2.45, 2.75) is 25.4 Å². The van der Waals surface area contributed by atoms with Crippen LogP contribution in [0.1, 0.15) is 18.7 Å². The number of hydrogen-bond acceptors (Lipinski definition) is 5. The molecule has 72 valence electrons. The van der Waals surface area contributed by atoms with Gasteiger partial charge in [0.25, 0.3) is 5.95 Å². The van der Waals surface area contributed by atoms with E-state index in [9.17, 15) is 0 Å². The van der Waals surface area contributed by atoms with Crippen molar-refractivity contribution in [1.29, 1.82) is 0 Å². The Hall–Kier alpha value is -1.10. The van der Waals surface area contributed by atoms with Crippen molar-refractivity contribution in [3.05, 3.63) is 5.89 Å². The summed E-state index contributed by atoms with van der Waals surface area (Å²) in [5.74, 6) is 1.29. The van der Waals surface area contributed by atoms with E-state index in [2.05, 4.69) is 15.5 Å². The number of nitrogens with zero attached hydrogens (tertiary/aromatic N) is 3. The van der Waals surface area contributed by atoms with Gasteiger partial charge in [-0.25, -0.2) is 0 Å². The van der Waals surface area contributed by atoms with Gasteiger partial charge in [0.15, 0.2) is 0 Å². The van der Waals surface area contributed by atoms with Gasteiger partial charge in [0.1, 0.15) is 0 Å². The molecular formula is C8H14N4O. The van der Waals surface area contributed by atoms with Gasteiger partial charge in [-0.2, -0.15) is 4.98 Å². The highest BCUT2D eigenvalue weighted by Gasteiger charge is 2.21. The third-order valence-corrected chi connectivity index (χ3v) is 1.98. The van der Waals surface area contributed by atoms with E-state index in [1.807, 2.05) is 19.0 Å².